The van der Waals surface area contributed by atoms with Crippen molar-refractivity contribution in [3.05, 3.63) is 101 Å². The summed E-state index contributed by atoms with van der Waals surface area (Å²) in [5.41, 5.74) is 4.41. The van der Waals surface area contributed by atoms with Gasteiger partial charge >= 0.3 is 18.2 Å². The van der Waals surface area contributed by atoms with Crippen molar-refractivity contribution < 1.29 is 27.8 Å². The number of aromatic nitrogens is 4. The summed E-state index contributed by atoms with van der Waals surface area (Å²) < 4.78 is 38.6. The van der Waals surface area contributed by atoms with E-state index in [1.807, 2.05) is 66.7 Å². The molecular weight excluding hydrogens is 531 g/mol. The van der Waals surface area contributed by atoms with E-state index in [0.717, 1.165) is 27.0 Å². The number of thiazole rings is 1. The van der Waals surface area contributed by atoms with Crippen molar-refractivity contribution in [3.8, 4) is 23.3 Å². The van der Waals surface area contributed by atoms with Gasteiger partial charge < -0.3 is 9.84 Å². The molecule has 0 radical (unpaired) electrons. The summed E-state index contributed by atoms with van der Waals surface area (Å²) in [6.07, 6.45) is -1.70. The second kappa shape index (κ2) is 12.1. The molecule has 196 valence electrons. The zero-order chi connectivity index (χ0) is 27.8. The van der Waals surface area contributed by atoms with Crippen LogP contribution in [0.15, 0.2) is 85.2 Å². The third-order valence-electron chi connectivity index (χ3n) is 5.16. The number of alkyl halides is 3. The molecule has 0 saturated heterocycles. The average molecular weight is 550 g/mol. The summed E-state index contributed by atoms with van der Waals surface area (Å²) in [5.74, 6) is -3.33. The van der Waals surface area contributed by atoms with Crippen LogP contribution in [0.4, 0.5) is 13.2 Å². The van der Waals surface area contributed by atoms with Gasteiger partial charge in [0.1, 0.15) is 17.5 Å². The lowest BCUT2D eigenvalue weighted by Crippen LogP contribution is -2.21. The quantitative estimate of drug-likeness (QED) is 0.273. The number of nitrogens with zero attached hydrogens (tertiary/aromatic N) is 5. The lowest BCUT2D eigenvalue weighted by Gasteiger charge is -2.09. The Kier molecular flexibility index (Phi) is 8.43. The summed E-state index contributed by atoms with van der Waals surface area (Å²) in [4.78, 5) is 26.5. The molecule has 39 heavy (non-hydrogen) atoms. The second-order valence-electron chi connectivity index (χ2n) is 7.85. The van der Waals surface area contributed by atoms with E-state index in [-0.39, 0.29) is 6.01 Å². The van der Waals surface area contributed by atoms with Crippen molar-refractivity contribution in [1.29, 1.82) is 5.26 Å². The highest BCUT2D eigenvalue weighted by Gasteiger charge is 2.38. The van der Waals surface area contributed by atoms with Crippen LogP contribution in [0.5, 0.6) is 6.01 Å². The number of aliphatic carboxylic acids is 1. The Morgan fingerprint density at radius 2 is 1.69 bits per heavy atom. The van der Waals surface area contributed by atoms with Crippen molar-refractivity contribution in [2.45, 2.75) is 18.7 Å². The van der Waals surface area contributed by atoms with Crippen LogP contribution < -0.4 is 4.74 Å². The molecule has 0 aliphatic rings. The molecule has 1 N–H and O–H groups in total. The molecule has 0 aliphatic carbocycles. The molecule has 5 aromatic rings. The average Bonchev–Trinajstić information content (AvgIpc) is 3.37. The Morgan fingerprint density at radius 3 is 2.33 bits per heavy atom. The van der Waals surface area contributed by atoms with E-state index in [4.69, 9.17) is 14.6 Å². The number of ether oxygens (including phenoxy) is 1. The molecule has 12 heteroatoms. The van der Waals surface area contributed by atoms with E-state index in [0.29, 0.717) is 17.3 Å². The summed E-state index contributed by atoms with van der Waals surface area (Å²) >= 11 is 1.50. The van der Waals surface area contributed by atoms with Crippen LogP contribution in [-0.2, 0) is 11.4 Å². The van der Waals surface area contributed by atoms with Gasteiger partial charge in [-0.15, -0.1) is 11.3 Å². The smallest absolute Gasteiger partial charge is 0.475 e. The molecule has 0 amide bonds. The molecule has 0 fully saturated rings. The number of hydrogen-bond acceptors (Lipinski definition) is 8. The minimum atomic E-state index is -5.08. The molecule has 3 heterocycles. The maximum atomic E-state index is 10.6. The van der Waals surface area contributed by atoms with Gasteiger partial charge in [-0.3, -0.25) is 4.98 Å². The number of hydrogen-bond donors (Lipinski definition) is 1. The highest BCUT2D eigenvalue weighted by Crippen LogP contribution is 2.31. The van der Waals surface area contributed by atoms with E-state index in [1.165, 1.54) is 11.3 Å². The van der Waals surface area contributed by atoms with Gasteiger partial charge in [0.15, 0.2) is 0 Å². The molecule has 1 atom stereocenters. The first kappa shape index (κ1) is 27.2. The standard InChI is InChI=1S/C25H17N5OS.C2HF3O2/c26-15-19(24-29-22-6-1-2-7-23(22)32-24)21-12-14-28-25(30-21)31-16-17-8-10-18(11-9-17)20-5-3-4-13-27-20;3-2(4,5)1(6)7/h1-14,19H,16H2;(H,6,7). The molecule has 8 nitrogen and oxygen atoms in total. The first-order valence-electron chi connectivity index (χ1n) is 11.3. The van der Waals surface area contributed by atoms with Crippen LogP contribution in [0, 0.1) is 11.3 Å². The van der Waals surface area contributed by atoms with Gasteiger partial charge in [-0.05, 0) is 35.9 Å². The van der Waals surface area contributed by atoms with Crippen molar-refractivity contribution in [2.75, 3.05) is 0 Å². The normalized spacial score (nSPS) is 11.6. The topological polar surface area (TPSA) is 122 Å². The highest BCUT2D eigenvalue weighted by molar-refractivity contribution is 7.18. The Balaban J connectivity index is 0.000000448. The summed E-state index contributed by atoms with van der Waals surface area (Å²) in [6, 6.07) is 26.0. The summed E-state index contributed by atoms with van der Waals surface area (Å²) in [6.45, 7) is 0.324. The highest BCUT2D eigenvalue weighted by atomic mass is 32.1. The number of carboxylic acids is 1. The van der Waals surface area contributed by atoms with Gasteiger partial charge in [-0.1, -0.05) is 42.5 Å². The fourth-order valence-corrected chi connectivity index (χ4v) is 4.32. The van der Waals surface area contributed by atoms with Gasteiger partial charge in [-0.2, -0.15) is 23.4 Å². The van der Waals surface area contributed by atoms with Crippen LogP contribution in [-0.4, -0.2) is 37.2 Å². The number of rotatable bonds is 6. The number of carbonyl (C=O) groups is 1. The fourth-order valence-electron chi connectivity index (χ4n) is 3.30. The molecule has 0 bridgehead atoms. The largest absolute Gasteiger partial charge is 0.490 e. The van der Waals surface area contributed by atoms with Crippen molar-refractivity contribution in [3.63, 3.8) is 0 Å². The first-order chi connectivity index (χ1) is 18.7. The minimum absolute atomic E-state index is 0.234. The van der Waals surface area contributed by atoms with E-state index >= 15 is 0 Å². The van der Waals surface area contributed by atoms with Crippen LogP contribution >= 0.6 is 11.3 Å². The van der Waals surface area contributed by atoms with Gasteiger partial charge in [0.05, 0.1) is 27.7 Å². The SMILES string of the molecule is N#CC(c1ccnc(OCc2ccc(-c3ccccn3)cc2)n1)c1nc2ccccc2s1.O=C(O)C(F)(F)F. The monoisotopic (exact) mass is 549 g/mol. The number of fused-ring (bicyclic) bond motifs is 1. The molecule has 5 rings (SSSR count). The number of benzene rings is 2. The Labute approximate surface area is 224 Å². The molecule has 0 saturated carbocycles. The third-order valence-corrected chi connectivity index (χ3v) is 6.26. The Morgan fingerprint density at radius 1 is 0.974 bits per heavy atom. The van der Waals surface area contributed by atoms with Crippen molar-refractivity contribution >= 4 is 27.5 Å². The molecule has 0 spiro atoms. The maximum Gasteiger partial charge on any atom is 0.490 e. The third kappa shape index (κ3) is 7.12. The van der Waals surface area contributed by atoms with Crippen LogP contribution in [0.3, 0.4) is 0 Å². The first-order valence-corrected chi connectivity index (χ1v) is 12.1. The number of halogens is 3. The predicted octanol–water partition coefficient (Wildman–Crippen LogP) is 6.02. The fraction of sp³-hybridized carbons (Fsp3) is 0.111. The van der Waals surface area contributed by atoms with Crippen LogP contribution in [0.2, 0.25) is 0 Å². The number of pyridine rings is 1. The van der Waals surface area contributed by atoms with E-state index in [2.05, 4.69) is 26.0 Å². The summed E-state index contributed by atoms with van der Waals surface area (Å²) in [5, 5.41) is 17.6. The van der Waals surface area contributed by atoms with Crippen molar-refractivity contribution in [2.24, 2.45) is 0 Å². The van der Waals surface area contributed by atoms with E-state index in [9.17, 15) is 18.4 Å². The van der Waals surface area contributed by atoms with Crippen LogP contribution in [0.1, 0.15) is 22.2 Å². The lowest BCUT2D eigenvalue weighted by molar-refractivity contribution is -0.192. The number of nitriles is 1. The molecule has 0 aliphatic heterocycles. The molecule has 1 unspecified atom stereocenters. The molecule has 2 aromatic carbocycles. The van der Waals surface area contributed by atoms with Gasteiger partial charge in [0.2, 0.25) is 0 Å². The lowest BCUT2D eigenvalue weighted by atomic mass is 10.1. The zero-order valence-corrected chi connectivity index (χ0v) is 20.7. The second-order valence-corrected chi connectivity index (χ2v) is 8.91. The number of carboxylic acid groups (broad SMARTS) is 1. The summed E-state index contributed by atoms with van der Waals surface area (Å²) in [7, 11) is 0. The van der Waals surface area contributed by atoms with E-state index in [1.54, 1.807) is 18.5 Å². The van der Waals surface area contributed by atoms with Gasteiger partial charge in [0.25, 0.3) is 0 Å². The maximum absolute atomic E-state index is 10.6. The molecule has 3 aromatic heterocycles. The van der Waals surface area contributed by atoms with Crippen LogP contribution in [0.25, 0.3) is 21.5 Å². The predicted molar refractivity (Wildman–Crippen MR) is 137 cm³/mol. The van der Waals surface area contributed by atoms with Gasteiger partial charge in [-0.25, -0.2) is 14.8 Å². The Hall–Kier alpha value is -4.89. The molecular formula is C27H18F3N5O3S. The van der Waals surface area contributed by atoms with E-state index < -0.39 is 18.1 Å². The zero-order valence-electron chi connectivity index (χ0n) is 19.9. The Bertz CT molecular complexity index is 1570. The minimum Gasteiger partial charge on any atom is -0.475 e. The van der Waals surface area contributed by atoms with Gasteiger partial charge in [0, 0.05) is 18.0 Å². The number of para-hydroxylation sites is 1. The van der Waals surface area contributed by atoms with Crippen molar-refractivity contribution in [1.82, 2.24) is 19.9 Å².